The molecule has 3 nitrogen and oxygen atoms in total. The number of amides is 1. The van der Waals surface area contributed by atoms with Crippen LogP contribution in [-0.4, -0.2) is 13.0 Å². The summed E-state index contributed by atoms with van der Waals surface area (Å²) >= 11 is 0. The van der Waals surface area contributed by atoms with Crippen molar-refractivity contribution >= 4 is 11.6 Å². The Morgan fingerprint density at radius 3 is 2.27 bits per heavy atom. The molecule has 0 saturated carbocycles. The summed E-state index contributed by atoms with van der Waals surface area (Å²) in [5.41, 5.74) is 9.33. The fourth-order valence-corrected chi connectivity index (χ4v) is 1.97. The molecular weight excluding hydrogens is 188 g/mol. The van der Waals surface area contributed by atoms with E-state index in [1.807, 2.05) is 20.0 Å². The molecule has 3 N–H and O–H groups in total. The van der Waals surface area contributed by atoms with Crippen LogP contribution in [-0.2, 0) is 12.8 Å². The van der Waals surface area contributed by atoms with Crippen molar-refractivity contribution in [3.05, 3.63) is 28.8 Å². The highest BCUT2D eigenvalue weighted by Crippen LogP contribution is 2.24. The second-order valence-corrected chi connectivity index (χ2v) is 3.44. The lowest BCUT2D eigenvalue weighted by Gasteiger charge is -2.15. The van der Waals surface area contributed by atoms with Crippen molar-refractivity contribution < 1.29 is 4.79 Å². The van der Waals surface area contributed by atoms with Gasteiger partial charge < -0.3 is 11.1 Å². The maximum atomic E-state index is 11.3. The normalized spacial score (nSPS) is 10.1. The number of nitrogens with two attached hydrogens (primary N) is 1. The first-order valence-electron chi connectivity index (χ1n) is 5.27. The van der Waals surface area contributed by atoms with Gasteiger partial charge in [0.1, 0.15) is 0 Å². The SMILES string of the molecule is CCc1c(NC)ccc(C(N)=O)c1CC. The van der Waals surface area contributed by atoms with Crippen molar-refractivity contribution in [3.8, 4) is 0 Å². The minimum atomic E-state index is -0.343. The molecule has 1 aromatic carbocycles. The Labute approximate surface area is 90.7 Å². The van der Waals surface area contributed by atoms with E-state index < -0.39 is 0 Å². The quantitative estimate of drug-likeness (QED) is 0.791. The Bertz CT molecular complexity index is 372. The van der Waals surface area contributed by atoms with E-state index in [-0.39, 0.29) is 5.91 Å². The molecule has 0 aliphatic carbocycles. The number of nitrogens with one attached hydrogen (secondary N) is 1. The molecule has 0 heterocycles. The smallest absolute Gasteiger partial charge is 0.248 e. The third kappa shape index (κ3) is 2.12. The highest BCUT2D eigenvalue weighted by molar-refractivity contribution is 5.95. The standard InChI is InChI=1S/C12H18N2O/c1-4-8-9(5-2)11(14-3)7-6-10(8)12(13)15/h6-7,14H,4-5H2,1-3H3,(H2,13,15). The summed E-state index contributed by atoms with van der Waals surface area (Å²) in [6.07, 6.45) is 1.73. The van der Waals surface area contributed by atoms with Gasteiger partial charge in [-0.3, -0.25) is 4.79 Å². The summed E-state index contributed by atoms with van der Waals surface area (Å²) in [7, 11) is 1.89. The van der Waals surface area contributed by atoms with Crippen molar-refractivity contribution in [2.45, 2.75) is 26.7 Å². The van der Waals surface area contributed by atoms with E-state index in [9.17, 15) is 4.79 Å². The van der Waals surface area contributed by atoms with E-state index in [1.54, 1.807) is 6.07 Å². The molecule has 1 aromatic rings. The summed E-state index contributed by atoms with van der Waals surface area (Å²) < 4.78 is 0. The van der Waals surface area contributed by atoms with Gasteiger partial charge in [0.05, 0.1) is 0 Å². The summed E-state index contributed by atoms with van der Waals surface area (Å²) in [6, 6.07) is 3.71. The lowest BCUT2D eigenvalue weighted by molar-refractivity contribution is 0.0999. The molecule has 0 saturated heterocycles. The van der Waals surface area contributed by atoms with Crippen LogP contribution in [0.5, 0.6) is 0 Å². The van der Waals surface area contributed by atoms with Crippen LogP contribution in [0.15, 0.2) is 12.1 Å². The van der Waals surface area contributed by atoms with Gasteiger partial charge in [0.2, 0.25) is 5.91 Å². The van der Waals surface area contributed by atoms with Gasteiger partial charge in [0, 0.05) is 18.3 Å². The van der Waals surface area contributed by atoms with Crippen LogP contribution in [0.1, 0.15) is 35.3 Å². The van der Waals surface area contributed by atoms with E-state index in [1.165, 1.54) is 5.56 Å². The van der Waals surface area contributed by atoms with Crippen molar-refractivity contribution in [2.24, 2.45) is 5.73 Å². The molecule has 1 amide bonds. The van der Waals surface area contributed by atoms with Gasteiger partial charge in [0.15, 0.2) is 0 Å². The van der Waals surface area contributed by atoms with Crippen LogP contribution in [0, 0.1) is 0 Å². The van der Waals surface area contributed by atoms with Gasteiger partial charge in [-0.25, -0.2) is 0 Å². The van der Waals surface area contributed by atoms with Crippen molar-refractivity contribution in [2.75, 3.05) is 12.4 Å². The van der Waals surface area contributed by atoms with Crippen LogP contribution >= 0.6 is 0 Å². The van der Waals surface area contributed by atoms with E-state index in [0.29, 0.717) is 5.56 Å². The number of hydrogen-bond acceptors (Lipinski definition) is 2. The Hall–Kier alpha value is -1.51. The monoisotopic (exact) mass is 206 g/mol. The molecule has 0 aliphatic rings. The topological polar surface area (TPSA) is 55.1 Å². The Balaban J connectivity index is 3.40. The molecule has 82 valence electrons. The predicted molar refractivity (Wildman–Crippen MR) is 63.3 cm³/mol. The number of rotatable bonds is 4. The van der Waals surface area contributed by atoms with Crippen LogP contribution in [0.4, 0.5) is 5.69 Å². The number of primary amides is 1. The predicted octanol–water partition coefficient (Wildman–Crippen LogP) is 1.95. The highest BCUT2D eigenvalue weighted by atomic mass is 16.1. The number of benzene rings is 1. The lowest BCUT2D eigenvalue weighted by atomic mass is 9.95. The van der Waals surface area contributed by atoms with E-state index >= 15 is 0 Å². The lowest BCUT2D eigenvalue weighted by Crippen LogP contribution is -2.15. The Morgan fingerprint density at radius 2 is 1.87 bits per heavy atom. The number of anilines is 1. The molecule has 0 unspecified atom stereocenters. The van der Waals surface area contributed by atoms with Crippen LogP contribution in [0.3, 0.4) is 0 Å². The molecule has 1 rings (SSSR count). The summed E-state index contributed by atoms with van der Waals surface area (Å²) in [4.78, 5) is 11.3. The first-order chi connectivity index (χ1) is 7.15. The fraction of sp³-hybridized carbons (Fsp3) is 0.417. The number of carbonyl (C=O) groups excluding carboxylic acids is 1. The zero-order chi connectivity index (χ0) is 11.4. The van der Waals surface area contributed by atoms with Gasteiger partial charge in [-0.2, -0.15) is 0 Å². The van der Waals surface area contributed by atoms with Crippen molar-refractivity contribution in [1.82, 2.24) is 0 Å². The van der Waals surface area contributed by atoms with Crippen molar-refractivity contribution in [3.63, 3.8) is 0 Å². The first kappa shape index (κ1) is 11.6. The summed E-state index contributed by atoms with van der Waals surface area (Å²) in [5.74, 6) is -0.343. The number of hydrogen-bond donors (Lipinski definition) is 2. The molecule has 0 aliphatic heterocycles. The van der Waals surface area contributed by atoms with Gasteiger partial charge >= 0.3 is 0 Å². The van der Waals surface area contributed by atoms with Crippen molar-refractivity contribution in [1.29, 1.82) is 0 Å². The molecule has 0 radical (unpaired) electrons. The Kier molecular flexibility index (Phi) is 3.72. The van der Waals surface area contributed by atoms with Gasteiger partial charge in [-0.15, -0.1) is 0 Å². The molecule has 0 atom stereocenters. The summed E-state index contributed by atoms with van der Waals surface area (Å²) in [6.45, 7) is 4.13. The second kappa shape index (κ2) is 4.82. The molecule has 0 spiro atoms. The van der Waals surface area contributed by atoms with E-state index in [4.69, 9.17) is 5.73 Å². The van der Waals surface area contributed by atoms with Gasteiger partial charge in [-0.05, 0) is 36.1 Å². The van der Waals surface area contributed by atoms with Crippen LogP contribution < -0.4 is 11.1 Å². The number of carbonyl (C=O) groups is 1. The molecular formula is C12H18N2O. The van der Waals surface area contributed by atoms with Crippen LogP contribution in [0.2, 0.25) is 0 Å². The van der Waals surface area contributed by atoms with E-state index in [2.05, 4.69) is 12.2 Å². The minimum absolute atomic E-state index is 0.343. The molecule has 0 fully saturated rings. The third-order valence-corrected chi connectivity index (χ3v) is 2.67. The zero-order valence-electron chi connectivity index (χ0n) is 9.55. The first-order valence-corrected chi connectivity index (χ1v) is 5.27. The molecule has 0 bridgehead atoms. The maximum absolute atomic E-state index is 11.3. The average molecular weight is 206 g/mol. The third-order valence-electron chi connectivity index (χ3n) is 2.67. The zero-order valence-corrected chi connectivity index (χ0v) is 9.55. The molecule has 15 heavy (non-hydrogen) atoms. The van der Waals surface area contributed by atoms with Gasteiger partial charge in [0.25, 0.3) is 0 Å². The molecule has 0 aromatic heterocycles. The highest BCUT2D eigenvalue weighted by Gasteiger charge is 2.12. The maximum Gasteiger partial charge on any atom is 0.248 e. The van der Waals surface area contributed by atoms with Crippen LogP contribution in [0.25, 0.3) is 0 Å². The Morgan fingerprint density at radius 1 is 1.27 bits per heavy atom. The molecule has 3 heteroatoms. The average Bonchev–Trinajstić information content (AvgIpc) is 2.26. The summed E-state index contributed by atoms with van der Waals surface area (Å²) in [5, 5.41) is 3.14. The largest absolute Gasteiger partial charge is 0.388 e. The second-order valence-electron chi connectivity index (χ2n) is 3.44. The van der Waals surface area contributed by atoms with E-state index in [0.717, 1.165) is 24.1 Å². The fourth-order valence-electron chi connectivity index (χ4n) is 1.97. The minimum Gasteiger partial charge on any atom is -0.388 e. The van der Waals surface area contributed by atoms with Gasteiger partial charge in [-0.1, -0.05) is 13.8 Å².